The van der Waals surface area contributed by atoms with Crippen LogP contribution in [0.3, 0.4) is 0 Å². The van der Waals surface area contributed by atoms with Crippen molar-refractivity contribution in [2.75, 3.05) is 5.33 Å². The zero-order valence-corrected chi connectivity index (χ0v) is 9.24. The summed E-state index contributed by atoms with van der Waals surface area (Å²) in [5, 5.41) is 0.676. The lowest BCUT2D eigenvalue weighted by molar-refractivity contribution is -0.138. The van der Waals surface area contributed by atoms with Gasteiger partial charge in [0.1, 0.15) is 0 Å². The fourth-order valence-electron chi connectivity index (χ4n) is 1.36. The molecule has 0 unspecified atom stereocenters. The number of hydrogen-bond acceptors (Lipinski definition) is 0. The monoisotopic (exact) mass is 266 g/mol. The van der Waals surface area contributed by atoms with Gasteiger partial charge >= 0.3 is 6.18 Å². The molecule has 0 amide bonds. The molecule has 0 aliphatic heterocycles. The first-order chi connectivity index (χ1) is 6.46. The molecular weight excluding hydrogens is 257 g/mol. The van der Waals surface area contributed by atoms with E-state index < -0.39 is 11.7 Å². The molecule has 0 N–H and O–H groups in total. The summed E-state index contributed by atoms with van der Waals surface area (Å²) in [6, 6.07) is 4.30. The molecule has 0 aliphatic rings. The molecule has 78 valence electrons. The minimum Gasteiger partial charge on any atom is -0.166 e. The lowest BCUT2D eigenvalue weighted by atomic mass is 10.0. The SMILES string of the molecule is Cc1c(CCBr)cccc1C(F)(F)F. The molecule has 0 atom stereocenters. The van der Waals surface area contributed by atoms with Gasteiger partial charge in [-0.2, -0.15) is 13.2 Å². The lowest BCUT2D eigenvalue weighted by Crippen LogP contribution is -2.09. The van der Waals surface area contributed by atoms with Gasteiger partial charge in [-0.1, -0.05) is 28.1 Å². The number of benzene rings is 1. The third-order valence-electron chi connectivity index (χ3n) is 2.12. The van der Waals surface area contributed by atoms with E-state index in [4.69, 9.17) is 0 Å². The third-order valence-corrected chi connectivity index (χ3v) is 2.51. The van der Waals surface area contributed by atoms with Crippen LogP contribution in [0.1, 0.15) is 16.7 Å². The normalized spacial score (nSPS) is 11.8. The van der Waals surface area contributed by atoms with Crippen molar-refractivity contribution in [3.05, 3.63) is 34.9 Å². The van der Waals surface area contributed by atoms with Crippen LogP contribution >= 0.6 is 15.9 Å². The maximum Gasteiger partial charge on any atom is 0.416 e. The Hall–Kier alpha value is -0.510. The summed E-state index contributed by atoms with van der Waals surface area (Å²) in [4.78, 5) is 0. The molecule has 1 rings (SSSR count). The predicted octanol–water partition coefficient (Wildman–Crippen LogP) is 3.95. The van der Waals surface area contributed by atoms with Crippen LogP contribution in [0.25, 0.3) is 0 Å². The van der Waals surface area contributed by atoms with Gasteiger partial charge in [0.2, 0.25) is 0 Å². The highest BCUT2D eigenvalue weighted by atomic mass is 79.9. The topological polar surface area (TPSA) is 0 Å². The van der Waals surface area contributed by atoms with E-state index in [1.165, 1.54) is 13.0 Å². The number of aryl methyl sites for hydroxylation is 1. The Morgan fingerprint density at radius 3 is 2.43 bits per heavy atom. The highest BCUT2D eigenvalue weighted by Crippen LogP contribution is 2.32. The first kappa shape index (κ1) is 11.6. The Kier molecular flexibility index (Phi) is 3.59. The number of alkyl halides is 4. The van der Waals surface area contributed by atoms with Crippen molar-refractivity contribution in [3.8, 4) is 0 Å². The van der Waals surface area contributed by atoms with Gasteiger partial charge in [-0.3, -0.25) is 0 Å². The van der Waals surface area contributed by atoms with E-state index in [0.717, 1.165) is 11.6 Å². The fourth-order valence-corrected chi connectivity index (χ4v) is 1.79. The van der Waals surface area contributed by atoms with Crippen LogP contribution in [0.15, 0.2) is 18.2 Å². The van der Waals surface area contributed by atoms with Crippen molar-refractivity contribution in [2.24, 2.45) is 0 Å². The second-order valence-corrected chi connectivity index (χ2v) is 3.82. The van der Waals surface area contributed by atoms with Gasteiger partial charge in [-0.25, -0.2) is 0 Å². The maximum atomic E-state index is 12.5. The van der Waals surface area contributed by atoms with Crippen LogP contribution in [0, 0.1) is 6.92 Å². The lowest BCUT2D eigenvalue weighted by Gasteiger charge is -2.12. The summed E-state index contributed by atoms with van der Waals surface area (Å²) in [6.07, 6.45) is -3.62. The van der Waals surface area contributed by atoms with Crippen LogP contribution in [-0.4, -0.2) is 5.33 Å². The van der Waals surface area contributed by atoms with E-state index in [0.29, 0.717) is 17.3 Å². The van der Waals surface area contributed by atoms with E-state index >= 15 is 0 Å². The Morgan fingerprint density at radius 1 is 1.29 bits per heavy atom. The largest absolute Gasteiger partial charge is 0.416 e. The molecule has 0 nitrogen and oxygen atoms in total. The highest BCUT2D eigenvalue weighted by molar-refractivity contribution is 9.09. The van der Waals surface area contributed by atoms with E-state index in [2.05, 4.69) is 15.9 Å². The summed E-state index contributed by atoms with van der Waals surface area (Å²) in [7, 11) is 0. The van der Waals surface area contributed by atoms with Crippen molar-refractivity contribution in [2.45, 2.75) is 19.5 Å². The van der Waals surface area contributed by atoms with Crippen LogP contribution in [0.4, 0.5) is 13.2 Å². The second-order valence-electron chi connectivity index (χ2n) is 3.03. The van der Waals surface area contributed by atoms with Crippen molar-refractivity contribution in [1.82, 2.24) is 0 Å². The zero-order chi connectivity index (χ0) is 10.8. The van der Waals surface area contributed by atoms with Crippen molar-refractivity contribution >= 4 is 15.9 Å². The second kappa shape index (κ2) is 4.34. The molecule has 0 aliphatic carbocycles. The van der Waals surface area contributed by atoms with Crippen LogP contribution in [-0.2, 0) is 12.6 Å². The molecule has 0 bridgehead atoms. The van der Waals surface area contributed by atoms with E-state index in [1.807, 2.05) is 0 Å². The Bertz CT molecular complexity index is 318. The summed E-state index contributed by atoms with van der Waals surface area (Å²) in [5.41, 5.74) is 0.548. The smallest absolute Gasteiger partial charge is 0.166 e. The number of rotatable bonds is 2. The standard InChI is InChI=1S/C10H10BrF3/c1-7-8(5-6-11)3-2-4-9(7)10(12,13)14/h2-4H,5-6H2,1H3. The summed E-state index contributed by atoms with van der Waals surface area (Å²) in [5.74, 6) is 0. The molecule has 0 spiro atoms. The molecule has 0 fully saturated rings. The quantitative estimate of drug-likeness (QED) is 0.712. The van der Waals surface area contributed by atoms with Gasteiger partial charge in [0.15, 0.2) is 0 Å². The third kappa shape index (κ3) is 2.50. The minimum absolute atomic E-state index is 0.333. The average molecular weight is 267 g/mol. The van der Waals surface area contributed by atoms with E-state index in [1.54, 1.807) is 6.07 Å². The Balaban J connectivity index is 3.14. The molecule has 0 saturated carbocycles. The molecule has 4 heteroatoms. The molecule has 1 aromatic rings. The first-order valence-electron chi connectivity index (χ1n) is 4.18. The molecule has 1 aromatic carbocycles. The van der Waals surface area contributed by atoms with E-state index in [-0.39, 0.29) is 0 Å². The van der Waals surface area contributed by atoms with Gasteiger partial charge in [0.25, 0.3) is 0 Å². The summed E-state index contributed by atoms with van der Waals surface area (Å²) in [6.45, 7) is 1.51. The average Bonchev–Trinajstić information content (AvgIpc) is 2.07. The first-order valence-corrected chi connectivity index (χ1v) is 5.30. The van der Waals surface area contributed by atoms with Gasteiger partial charge in [-0.15, -0.1) is 0 Å². The van der Waals surface area contributed by atoms with Crippen LogP contribution in [0.5, 0.6) is 0 Å². The highest BCUT2D eigenvalue weighted by Gasteiger charge is 2.32. The molecule has 14 heavy (non-hydrogen) atoms. The van der Waals surface area contributed by atoms with Crippen LogP contribution < -0.4 is 0 Å². The minimum atomic E-state index is -4.24. The molecule has 0 heterocycles. The Morgan fingerprint density at radius 2 is 1.93 bits per heavy atom. The Labute approximate surface area is 89.3 Å². The fraction of sp³-hybridized carbons (Fsp3) is 0.400. The zero-order valence-electron chi connectivity index (χ0n) is 7.66. The summed E-state index contributed by atoms with van der Waals surface area (Å²) >= 11 is 3.21. The molecule has 0 aromatic heterocycles. The predicted molar refractivity (Wildman–Crippen MR) is 53.7 cm³/mol. The van der Waals surface area contributed by atoms with Crippen LogP contribution in [0.2, 0.25) is 0 Å². The van der Waals surface area contributed by atoms with Gasteiger partial charge in [-0.05, 0) is 30.5 Å². The van der Waals surface area contributed by atoms with Gasteiger partial charge < -0.3 is 0 Å². The van der Waals surface area contributed by atoms with Crippen molar-refractivity contribution in [3.63, 3.8) is 0 Å². The number of halogens is 4. The van der Waals surface area contributed by atoms with Gasteiger partial charge in [0.05, 0.1) is 5.56 Å². The summed E-state index contributed by atoms with van der Waals surface area (Å²) < 4.78 is 37.4. The molecule has 0 radical (unpaired) electrons. The molecular formula is C10H10BrF3. The van der Waals surface area contributed by atoms with E-state index in [9.17, 15) is 13.2 Å². The van der Waals surface area contributed by atoms with Crippen molar-refractivity contribution < 1.29 is 13.2 Å². The van der Waals surface area contributed by atoms with Gasteiger partial charge in [0, 0.05) is 5.33 Å². The molecule has 0 saturated heterocycles. The van der Waals surface area contributed by atoms with Crippen molar-refractivity contribution in [1.29, 1.82) is 0 Å². The maximum absolute atomic E-state index is 12.5. The number of hydrogen-bond donors (Lipinski definition) is 0.